The molecule has 0 aliphatic heterocycles. The number of methoxy groups -OCH3 is 1. The molecule has 6 heteroatoms. The molecule has 0 aliphatic carbocycles. The third-order valence-electron chi connectivity index (χ3n) is 3.69. The van der Waals surface area contributed by atoms with E-state index in [1.807, 2.05) is 36.4 Å². The Bertz CT molecular complexity index is 880. The van der Waals surface area contributed by atoms with E-state index in [0.717, 1.165) is 17.0 Å². The number of hydrogen-bond acceptors (Lipinski definition) is 4. The van der Waals surface area contributed by atoms with E-state index in [0.29, 0.717) is 16.5 Å². The Hall–Kier alpha value is -3.05. The molecular weight excluding hydrogens is 350 g/mol. The molecule has 0 atom stereocenters. The van der Waals surface area contributed by atoms with E-state index in [1.165, 1.54) is 0 Å². The average Bonchev–Trinajstić information content (AvgIpc) is 2.65. The average molecular weight is 368 g/mol. The van der Waals surface area contributed by atoms with E-state index in [2.05, 4.69) is 15.6 Å². The first-order valence-corrected chi connectivity index (χ1v) is 8.42. The fourth-order valence-corrected chi connectivity index (χ4v) is 2.55. The van der Waals surface area contributed by atoms with E-state index < -0.39 is 0 Å². The van der Waals surface area contributed by atoms with E-state index >= 15 is 0 Å². The number of nitrogens with one attached hydrogen (secondary N) is 2. The number of carbonyl (C=O) groups excluding carboxylic acids is 1. The van der Waals surface area contributed by atoms with Crippen LogP contribution in [-0.2, 0) is 11.2 Å². The van der Waals surface area contributed by atoms with Crippen LogP contribution in [0.25, 0.3) is 0 Å². The van der Waals surface area contributed by atoms with Gasteiger partial charge in [0.2, 0.25) is 5.91 Å². The zero-order chi connectivity index (χ0) is 18.4. The molecule has 0 bridgehead atoms. The fourth-order valence-electron chi connectivity index (χ4n) is 2.42. The van der Waals surface area contributed by atoms with Gasteiger partial charge in [0.1, 0.15) is 11.6 Å². The van der Waals surface area contributed by atoms with Gasteiger partial charge in [0.25, 0.3) is 0 Å². The Morgan fingerprint density at radius 1 is 1.08 bits per heavy atom. The first-order chi connectivity index (χ1) is 12.6. The van der Waals surface area contributed by atoms with Crippen LogP contribution in [0, 0.1) is 0 Å². The highest BCUT2D eigenvalue weighted by atomic mass is 35.5. The van der Waals surface area contributed by atoms with Crippen LogP contribution in [0.4, 0.5) is 17.2 Å². The van der Waals surface area contributed by atoms with Crippen LogP contribution in [0.1, 0.15) is 5.56 Å². The van der Waals surface area contributed by atoms with Gasteiger partial charge in [0, 0.05) is 5.02 Å². The summed E-state index contributed by atoms with van der Waals surface area (Å²) < 4.78 is 5.30. The molecule has 0 saturated carbocycles. The lowest BCUT2D eigenvalue weighted by atomic mass is 10.1. The van der Waals surface area contributed by atoms with Gasteiger partial charge < -0.3 is 15.4 Å². The summed E-state index contributed by atoms with van der Waals surface area (Å²) in [7, 11) is 1.62. The van der Waals surface area contributed by atoms with E-state index in [1.54, 1.807) is 37.6 Å². The number of ether oxygens (including phenoxy) is 1. The first kappa shape index (κ1) is 17.8. The third-order valence-corrected chi connectivity index (χ3v) is 3.95. The first-order valence-electron chi connectivity index (χ1n) is 8.04. The van der Waals surface area contributed by atoms with Crippen molar-refractivity contribution < 1.29 is 9.53 Å². The van der Waals surface area contributed by atoms with Gasteiger partial charge in [-0.3, -0.25) is 4.79 Å². The lowest BCUT2D eigenvalue weighted by molar-refractivity contribution is -0.115. The van der Waals surface area contributed by atoms with Crippen molar-refractivity contribution >= 4 is 34.7 Å². The number of carbonyl (C=O) groups is 1. The van der Waals surface area contributed by atoms with Gasteiger partial charge in [-0.1, -0.05) is 35.9 Å². The minimum atomic E-state index is -0.112. The predicted octanol–water partition coefficient (Wildman–Crippen LogP) is 4.67. The van der Waals surface area contributed by atoms with Crippen LogP contribution < -0.4 is 15.4 Å². The lowest BCUT2D eigenvalue weighted by Crippen LogP contribution is -2.14. The van der Waals surface area contributed by atoms with Crippen LogP contribution in [0.2, 0.25) is 5.02 Å². The Morgan fingerprint density at radius 2 is 1.85 bits per heavy atom. The van der Waals surface area contributed by atoms with Crippen LogP contribution in [-0.4, -0.2) is 18.0 Å². The Balaban J connectivity index is 1.60. The second-order valence-electron chi connectivity index (χ2n) is 5.61. The topological polar surface area (TPSA) is 63.2 Å². The number of para-hydroxylation sites is 2. The number of anilines is 3. The Morgan fingerprint density at radius 3 is 2.54 bits per heavy atom. The Labute approximate surface area is 157 Å². The van der Waals surface area contributed by atoms with E-state index in [9.17, 15) is 4.79 Å². The number of nitrogens with zero attached hydrogens (tertiary/aromatic N) is 1. The minimum absolute atomic E-state index is 0.112. The highest BCUT2D eigenvalue weighted by Crippen LogP contribution is 2.26. The summed E-state index contributed by atoms with van der Waals surface area (Å²) in [5.74, 6) is 1.28. The molecule has 0 aliphatic rings. The summed E-state index contributed by atoms with van der Waals surface area (Å²) in [5, 5.41) is 6.67. The molecular formula is C20H18ClN3O2. The van der Waals surface area contributed by atoms with Crippen LogP contribution >= 0.6 is 11.6 Å². The number of amides is 1. The van der Waals surface area contributed by atoms with Gasteiger partial charge in [-0.05, 0) is 42.0 Å². The van der Waals surface area contributed by atoms with Gasteiger partial charge in [0.15, 0.2) is 0 Å². The molecule has 3 rings (SSSR count). The normalized spacial score (nSPS) is 10.2. The summed E-state index contributed by atoms with van der Waals surface area (Å²) in [6.45, 7) is 0. The zero-order valence-corrected chi connectivity index (χ0v) is 15.0. The molecule has 2 N–H and O–H groups in total. The maximum absolute atomic E-state index is 12.1. The summed E-state index contributed by atoms with van der Waals surface area (Å²) in [6, 6.07) is 18.4. The summed E-state index contributed by atoms with van der Waals surface area (Å²) >= 11 is 5.85. The summed E-state index contributed by atoms with van der Waals surface area (Å²) in [6.07, 6.45) is 1.88. The molecule has 0 radical (unpaired) electrons. The number of aromatic nitrogens is 1. The summed E-state index contributed by atoms with van der Waals surface area (Å²) in [4.78, 5) is 16.4. The number of pyridine rings is 1. The molecule has 1 aromatic heterocycles. The largest absolute Gasteiger partial charge is 0.495 e. The third kappa shape index (κ3) is 4.74. The second kappa shape index (κ2) is 8.36. The molecule has 1 amide bonds. The number of hydrogen-bond donors (Lipinski definition) is 2. The monoisotopic (exact) mass is 367 g/mol. The lowest BCUT2D eigenvalue weighted by Gasteiger charge is -2.11. The smallest absolute Gasteiger partial charge is 0.228 e. The van der Waals surface area contributed by atoms with Crippen molar-refractivity contribution in [3.8, 4) is 5.75 Å². The predicted molar refractivity (Wildman–Crippen MR) is 104 cm³/mol. The molecule has 5 nitrogen and oxygen atoms in total. The molecule has 132 valence electrons. The van der Waals surface area contributed by atoms with Crippen molar-refractivity contribution in [3.05, 3.63) is 77.4 Å². The SMILES string of the molecule is COc1ccccc1Nc1ccc(NC(=O)Cc2ccc(Cl)cc2)cn1. The van der Waals surface area contributed by atoms with Crippen LogP contribution in [0.3, 0.4) is 0 Å². The minimum Gasteiger partial charge on any atom is -0.495 e. The van der Waals surface area contributed by atoms with Crippen molar-refractivity contribution in [2.45, 2.75) is 6.42 Å². The van der Waals surface area contributed by atoms with Crippen molar-refractivity contribution in [1.82, 2.24) is 4.98 Å². The molecule has 2 aromatic carbocycles. The van der Waals surface area contributed by atoms with Gasteiger partial charge in [-0.25, -0.2) is 4.98 Å². The van der Waals surface area contributed by atoms with E-state index in [4.69, 9.17) is 16.3 Å². The van der Waals surface area contributed by atoms with Crippen molar-refractivity contribution in [3.63, 3.8) is 0 Å². The van der Waals surface area contributed by atoms with Crippen LogP contribution in [0.5, 0.6) is 5.75 Å². The van der Waals surface area contributed by atoms with Crippen molar-refractivity contribution in [1.29, 1.82) is 0 Å². The molecule has 1 heterocycles. The number of benzene rings is 2. The van der Waals surface area contributed by atoms with Gasteiger partial charge >= 0.3 is 0 Å². The maximum atomic E-state index is 12.1. The molecule has 0 fully saturated rings. The molecule has 26 heavy (non-hydrogen) atoms. The number of rotatable bonds is 6. The van der Waals surface area contributed by atoms with E-state index in [-0.39, 0.29) is 12.3 Å². The molecule has 3 aromatic rings. The molecule has 0 spiro atoms. The quantitative estimate of drug-likeness (QED) is 0.664. The number of halogens is 1. The Kier molecular flexibility index (Phi) is 5.71. The van der Waals surface area contributed by atoms with Gasteiger partial charge in [-0.15, -0.1) is 0 Å². The maximum Gasteiger partial charge on any atom is 0.228 e. The highest BCUT2D eigenvalue weighted by molar-refractivity contribution is 6.30. The van der Waals surface area contributed by atoms with Crippen molar-refractivity contribution in [2.24, 2.45) is 0 Å². The molecule has 0 saturated heterocycles. The highest BCUT2D eigenvalue weighted by Gasteiger charge is 2.06. The summed E-state index contributed by atoms with van der Waals surface area (Å²) in [5.41, 5.74) is 2.35. The van der Waals surface area contributed by atoms with Gasteiger partial charge in [-0.2, -0.15) is 0 Å². The molecule has 0 unspecified atom stereocenters. The zero-order valence-electron chi connectivity index (χ0n) is 14.2. The van der Waals surface area contributed by atoms with Gasteiger partial charge in [0.05, 0.1) is 31.1 Å². The van der Waals surface area contributed by atoms with Crippen LogP contribution in [0.15, 0.2) is 66.9 Å². The fraction of sp³-hybridized carbons (Fsp3) is 0.100. The van der Waals surface area contributed by atoms with Crippen molar-refractivity contribution in [2.75, 3.05) is 17.7 Å². The standard InChI is InChI=1S/C20H18ClN3O2/c1-26-18-5-3-2-4-17(18)24-19-11-10-16(13-22-19)23-20(25)12-14-6-8-15(21)9-7-14/h2-11,13H,12H2,1H3,(H,22,24)(H,23,25). The second-order valence-corrected chi connectivity index (χ2v) is 6.05.